The first-order valence-electron chi connectivity index (χ1n) is 5.85. The molecule has 6 heteroatoms. The van der Waals surface area contributed by atoms with E-state index in [1.54, 1.807) is 12.3 Å². The minimum absolute atomic E-state index is 0.220. The number of hydrogen-bond acceptors (Lipinski definition) is 4. The summed E-state index contributed by atoms with van der Waals surface area (Å²) in [5, 5.41) is 12.1. The number of rotatable bonds is 6. The third-order valence-electron chi connectivity index (χ3n) is 2.39. The quantitative estimate of drug-likeness (QED) is 0.360. The van der Waals surface area contributed by atoms with Crippen molar-refractivity contribution in [2.75, 3.05) is 18.0 Å². The van der Waals surface area contributed by atoms with E-state index in [9.17, 15) is 0 Å². The lowest BCUT2D eigenvalue weighted by Gasteiger charge is -2.25. The summed E-state index contributed by atoms with van der Waals surface area (Å²) in [5.74, 6) is 1.56. The standard InChI is InChI=1S/C12H19ClN4O/c1-9(2)8-17(6-5-11(14)16-18)12-4-3-10(13)7-15-12/h3-4,7,9,18H,5-6,8H2,1-2H3,(H2,14,16). The molecule has 0 atom stereocenters. The lowest BCUT2D eigenvalue weighted by Crippen LogP contribution is -2.32. The number of halogens is 1. The first-order chi connectivity index (χ1) is 8.52. The van der Waals surface area contributed by atoms with Crippen LogP contribution < -0.4 is 10.6 Å². The molecule has 0 aliphatic heterocycles. The van der Waals surface area contributed by atoms with Crippen LogP contribution in [0.25, 0.3) is 0 Å². The molecule has 0 saturated heterocycles. The van der Waals surface area contributed by atoms with E-state index in [1.807, 2.05) is 6.07 Å². The van der Waals surface area contributed by atoms with Crippen LogP contribution in [0, 0.1) is 5.92 Å². The minimum atomic E-state index is 0.220. The molecule has 0 aliphatic rings. The molecule has 0 fully saturated rings. The molecule has 0 bridgehead atoms. The lowest BCUT2D eigenvalue weighted by atomic mass is 10.2. The van der Waals surface area contributed by atoms with Gasteiger partial charge in [-0.25, -0.2) is 4.98 Å². The number of oxime groups is 1. The van der Waals surface area contributed by atoms with Gasteiger partial charge in [0.1, 0.15) is 11.7 Å². The third-order valence-corrected chi connectivity index (χ3v) is 2.61. The average Bonchev–Trinajstić information content (AvgIpc) is 2.34. The van der Waals surface area contributed by atoms with Gasteiger partial charge in [0, 0.05) is 25.7 Å². The Morgan fingerprint density at radius 3 is 2.78 bits per heavy atom. The second-order valence-corrected chi connectivity index (χ2v) is 4.95. The largest absolute Gasteiger partial charge is 0.409 e. The number of amidine groups is 1. The predicted molar refractivity (Wildman–Crippen MR) is 74.3 cm³/mol. The third kappa shape index (κ3) is 4.79. The van der Waals surface area contributed by atoms with Crippen LogP contribution in [0.5, 0.6) is 0 Å². The maximum Gasteiger partial charge on any atom is 0.140 e. The highest BCUT2D eigenvalue weighted by Crippen LogP contribution is 2.16. The summed E-state index contributed by atoms with van der Waals surface area (Å²) >= 11 is 5.82. The SMILES string of the molecule is CC(C)CN(CCC(N)=NO)c1ccc(Cl)cn1. The number of hydrogen-bond donors (Lipinski definition) is 2. The summed E-state index contributed by atoms with van der Waals surface area (Å²) in [5.41, 5.74) is 5.49. The molecule has 1 aromatic heterocycles. The molecule has 0 spiro atoms. The van der Waals surface area contributed by atoms with E-state index in [4.69, 9.17) is 22.5 Å². The molecule has 100 valence electrons. The molecule has 1 heterocycles. The van der Waals surface area contributed by atoms with Crippen molar-refractivity contribution >= 4 is 23.3 Å². The Morgan fingerprint density at radius 1 is 1.56 bits per heavy atom. The molecule has 0 aliphatic carbocycles. The Morgan fingerprint density at radius 2 is 2.28 bits per heavy atom. The van der Waals surface area contributed by atoms with Gasteiger partial charge in [-0.15, -0.1) is 0 Å². The van der Waals surface area contributed by atoms with Crippen LogP contribution in [0.3, 0.4) is 0 Å². The molecule has 0 aromatic carbocycles. The van der Waals surface area contributed by atoms with Crippen LogP contribution in [0.2, 0.25) is 5.02 Å². The summed E-state index contributed by atoms with van der Waals surface area (Å²) in [7, 11) is 0. The van der Waals surface area contributed by atoms with Crippen molar-refractivity contribution in [1.82, 2.24) is 4.98 Å². The first-order valence-corrected chi connectivity index (χ1v) is 6.23. The van der Waals surface area contributed by atoms with Gasteiger partial charge in [-0.3, -0.25) is 0 Å². The van der Waals surface area contributed by atoms with Crippen molar-refractivity contribution in [3.8, 4) is 0 Å². The fourth-order valence-electron chi connectivity index (χ4n) is 1.59. The van der Waals surface area contributed by atoms with E-state index in [0.717, 1.165) is 12.4 Å². The van der Waals surface area contributed by atoms with Gasteiger partial charge < -0.3 is 15.8 Å². The van der Waals surface area contributed by atoms with E-state index in [0.29, 0.717) is 23.9 Å². The second kappa shape index (κ2) is 7.06. The highest BCUT2D eigenvalue weighted by molar-refractivity contribution is 6.30. The molecule has 1 aromatic rings. The first kappa shape index (κ1) is 14.6. The summed E-state index contributed by atoms with van der Waals surface area (Å²) < 4.78 is 0. The summed E-state index contributed by atoms with van der Waals surface area (Å²) in [4.78, 5) is 6.38. The Kier molecular flexibility index (Phi) is 5.71. The van der Waals surface area contributed by atoms with Gasteiger partial charge in [-0.05, 0) is 18.1 Å². The van der Waals surface area contributed by atoms with Crippen LogP contribution in [0.1, 0.15) is 20.3 Å². The maximum absolute atomic E-state index is 8.55. The van der Waals surface area contributed by atoms with Crippen molar-refractivity contribution < 1.29 is 5.21 Å². The van der Waals surface area contributed by atoms with Gasteiger partial charge >= 0.3 is 0 Å². The Bertz CT molecular complexity index is 392. The minimum Gasteiger partial charge on any atom is -0.409 e. The smallest absolute Gasteiger partial charge is 0.140 e. The van der Waals surface area contributed by atoms with E-state index >= 15 is 0 Å². The van der Waals surface area contributed by atoms with E-state index in [2.05, 4.69) is 28.9 Å². The zero-order valence-electron chi connectivity index (χ0n) is 10.7. The van der Waals surface area contributed by atoms with Crippen LogP contribution in [-0.2, 0) is 0 Å². The Balaban J connectivity index is 2.74. The van der Waals surface area contributed by atoms with Crippen molar-refractivity contribution in [2.45, 2.75) is 20.3 Å². The van der Waals surface area contributed by atoms with Gasteiger partial charge in [-0.2, -0.15) is 0 Å². The number of aromatic nitrogens is 1. The van der Waals surface area contributed by atoms with Crippen LogP contribution in [0.4, 0.5) is 5.82 Å². The van der Waals surface area contributed by atoms with Crippen LogP contribution >= 0.6 is 11.6 Å². The molecule has 3 N–H and O–H groups in total. The molecule has 0 unspecified atom stereocenters. The molecular formula is C12H19ClN4O. The van der Waals surface area contributed by atoms with Crippen LogP contribution in [-0.4, -0.2) is 29.1 Å². The van der Waals surface area contributed by atoms with Crippen molar-refractivity contribution in [3.63, 3.8) is 0 Å². The number of pyridine rings is 1. The van der Waals surface area contributed by atoms with E-state index < -0.39 is 0 Å². The number of nitrogens with zero attached hydrogens (tertiary/aromatic N) is 3. The van der Waals surface area contributed by atoms with Crippen molar-refractivity contribution in [1.29, 1.82) is 0 Å². The molecule has 0 radical (unpaired) electrons. The zero-order chi connectivity index (χ0) is 13.5. The molecule has 1 rings (SSSR count). The number of nitrogens with two attached hydrogens (primary N) is 1. The highest BCUT2D eigenvalue weighted by Gasteiger charge is 2.10. The Hall–Kier alpha value is -1.49. The molecule has 5 nitrogen and oxygen atoms in total. The molecule has 0 amide bonds. The lowest BCUT2D eigenvalue weighted by molar-refractivity contribution is 0.317. The average molecular weight is 271 g/mol. The maximum atomic E-state index is 8.55. The second-order valence-electron chi connectivity index (χ2n) is 4.52. The monoisotopic (exact) mass is 270 g/mol. The van der Waals surface area contributed by atoms with Gasteiger partial charge in [0.15, 0.2) is 0 Å². The fraction of sp³-hybridized carbons (Fsp3) is 0.500. The Labute approximate surface area is 112 Å². The topological polar surface area (TPSA) is 74.7 Å². The molecule has 18 heavy (non-hydrogen) atoms. The van der Waals surface area contributed by atoms with Crippen LogP contribution in [0.15, 0.2) is 23.5 Å². The summed E-state index contributed by atoms with van der Waals surface area (Å²) in [6.07, 6.45) is 2.11. The predicted octanol–water partition coefficient (Wildman–Crippen LogP) is 2.33. The molecule has 0 saturated carbocycles. The van der Waals surface area contributed by atoms with Gasteiger partial charge in [0.25, 0.3) is 0 Å². The van der Waals surface area contributed by atoms with E-state index in [1.165, 1.54) is 0 Å². The fourth-order valence-corrected chi connectivity index (χ4v) is 1.71. The molecular weight excluding hydrogens is 252 g/mol. The van der Waals surface area contributed by atoms with E-state index in [-0.39, 0.29) is 5.84 Å². The summed E-state index contributed by atoms with van der Waals surface area (Å²) in [6.45, 7) is 5.77. The number of anilines is 1. The normalized spacial score (nSPS) is 11.9. The van der Waals surface area contributed by atoms with Crippen molar-refractivity contribution in [2.24, 2.45) is 16.8 Å². The van der Waals surface area contributed by atoms with Gasteiger partial charge in [0.2, 0.25) is 0 Å². The zero-order valence-corrected chi connectivity index (χ0v) is 11.4. The van der Waals surface area contributed by atoms with Crippen molar-refractivity contribution in [3.05, 3.63) is 23.4 Å². The van der Waals surface area contributed by atoms with Gasteiger partial charge in [-0.1, -0.05) is 30.6 Å². The summed E-state index contributed by atoms with van der Waals surface area (Å²) in [6, 6.07) is 3.68. The van der Waals surface area contributed by atoms with Gasteiger partial charge in [0.05, 0.1) is 5.02 Å². The highest BCUT2D eigenvalue weighted by atomic mass is 35.5.